The Kier molecular flexibility index (Phi) is 6.38. The molecular formula is C23H26F4N6. The van der Waals surface area contributed by atoms with Crippen molar-refractivity contribution < 1.29 is 17.6 Å². The molecule has 1 aliphatic heterocycles. The molecule has 3 heterocycles. The van der Waals surface area contributed by atoms with Gasteiger partial charge < -0.3 is 5.32 Å². The van der Waals surface area contributed by atoms with Crippen molar-refractivity contribution in [3.63, 3.8) is 0 Å². The molecule has 1 aromatic carbocycles. The summed E-state index contributed by atoms with van der Waals surface area (Å²) in [5, 5.41) is 16.4. The summed E-state index contributed by atoms with van der Waals surface area (Å²) in [6.07, 6.45) is -1.35. The predicted molar refractivity (Wildman–Crippen MR) is 117 cm³/mol. The largest absolute Gasteiger partial charge is 0.416 e. The quantitative estimate of drug-likeness (QED) is 0.556. The predicted octanol–water partition coefficient (Wildman–Crippen LogP) is 4.73. The number of rotatable bonds is 5. The Bertz CT molecular complexity index is 1130. The van der Waals surface area contributed by atoms with Crippen molar-refractivity contribution in [3.8, 4) is 11.4 Å². The van der Waals surface area contributed by atoms with E-state index in [0.29, 0.717) is 19.2 Å². The summed E-state index contributed by atoms with van der Waals surface area (Å²) in [6, 6.07) is 4.92. The third-order valence-electron chi connectivity index (χ3n) is 6.29. The highest BCUT2D eigenvalue weighted by atomic mass is 19.4. The van der Waals surface area contributed by atoms with Crippen LogP contribution in [0.5, 0.6) is 0 Å². The highest BCUT2D eigenvalue weighted by molar-refractivity contribution is 5.63. The van der Waals surface area contributed by atoms with Crippen molar-refractivity contribution in [2.24, 2.45) is 7.05 Å². The van der Waals surface area contributed by atoms with Crippen molar-refractivity contribution in [2.75, 3.05) is 18.4 Å². The molecule has 176 valence electrons. The van der Waals surface area contributed by atoms with Gasteiger partial charge in [0, 0.05) is 38.9 Å². The molecule has 1 fully saturated rings. The zero-order chi connectivity index (χ0) is 23.8. The first-order chi connectivity index (χ1) is 15.6. The van der Waals surface area contributed by atoms with Gasteiger partial charge >= 0.3 is 6.18 Å². The lowest BCUT2D eigenvalue weighted by atomic mass is 10.0. The molecule has 0 bridgehead atoms. The van der Waals surface area contributed by atoms with Crippen molar-refractivity contribution in [3.05, 3.63) is 58.5 Å². The average molecular weight is 462 g/mol. The maximum atomic E-state index is 13.4. The van der Waals surface area contributed by atoms with E-state index in [1.54, 1.807) is 10.9 Å². The van der Waals surface area contributed by atoms with Gasteiger partial charge in [0.2, 0.25) is 0 Å². The molecule has 1 N–H and O–H groups in total. The van der Waals surface area contributed by atoms with Gasteiger partial charge in [-0.2, -0.15) is 18.3 Å². The zero-order valence-electron chi connectivity index (χ0n) is 18.7. The lowest BCUT2D eigenvalue weighted by molar-refractivity contribution is -0.138. The molecule has 0 saturated carbocycles. The Balaban J connectivity index is 1.40. The fourth-order valence-electron chi connectivity index (χ4n) is 4.21. The number of piperidine rings is 1. The average Bonchev–Trinajstić information content (AvgIpc) is 3.19. The summed E-state index contributed by atoms with van der Waals surface area (Å²) in [6.45, 7) is 5.39. The van der Waals surface area contributed by atoms with Crippen LogP contribution >= 0.6 is 0 Å². The molecular weight excluding hydrogens is 436 g/mol. The molecule has 2 aromatic heterocycles. The zero-order valence-corrected chi connectivity index (χ0v) is 18.7. The molecule has 0 spiro atoms. The van der Waals surface area contributed by atoms with E-state index in [2.05, 4.69) is 20.6 Å². The van der Waals surface area contributed by atoms with Crippen LogP contribution in [0.1, 0.15) is 35.1 Å². The van der Waals surface area contributed by atoms with Gasteiger partial charge in [-0.3, -0.25) is 9.58 Å². The minimum Gasteiger partial charge on any atom is -0.366 e. The van der Waals surface area contributed by atoms with Gasteiger partial charge in [0.25, 0.3) is 0 Å². The van der Waals surface area contributed by atoms with Gasteiger partial charge in [0.05, 0.1) is 11.3 Å². The molecule has 6 nitrogen and oxygen atoms in total. The third kappa shape index (κ3) is 5.00. The molecule has 10 heteroatoms. The van der Waals surface area contributed by atoms with Crippen LogP contribution < -0.4 is 5.32 Å². The number of alkyl halides is 3. The van der Waals surface area contributed by atoms with E-state index in [0.717, 1.165) is 47.2 Å². The Morgan fingerprint density at radius 2 is 1.79 bits per heavy atom. The number of nitrogens with zero attached hydrogens (tertiary/aromatic N) is 5. The minimum absolute atomic E-state index is 0.0957. The van der Waals surface area contributed by atoms with Crippen LogP contribution in [0.4, 0.5) is 23.4 Å². The summed E-state index contributed by atoms with van der Waals surface area (Å²) in [5.74, 6) is -0.162. The number of nitrogens with one attached hydrogen (secondary N) is 1. The Labute approximate surface area is 189 Å². The van der Waals surface area contributed by atoms with Crippen LogP contribution in [0.3, 0.4) is 0 Å². The molecule has 3 aromatic rings. The lowest BCUT2D eigenvalue weighted by Gasteiger charge is -2.33. The van der Waals surface area contributed by atoms with E-state index in [1.165, 1.54) is 6.07 Å². The van der Waals surface area contributed by atoms with Crippen LogP contribution in [-0.2, 0) is 19.8 Å². The second-order valence-corrected chi connectivity index (χ2v) is 8.48. The van der Waals surface area contributed by atoms with Gasteiger partial charge in [-0.05, 0) is 61.6 Å². The van der Waals surface area contributed by atoms with Gasteiger partial charge in [0.15, 0.2) is 5.82 Å². The van der Waals surface area contributed by atoms with E-state index < -0.39 is 17.6 Å². The normalized spacial score (nSPS) is 15.7. The Morgan fingerprint density at radius 3 is 2.42 bits per heavy atom. The molecule has 0 radical (unpaired) electrons. The number of halogens is 4. The molecule has 0 unspecified atom stereocenters. The maximum Gasteiger partial charge on any atom is 0.416 e. The van der Waals surface area contributed by atoms with Crippen molar-refractivity contribution in [1.29, 1.82) is 0 Å². The van der Waals surface area contributed by atoms with Gasteiger partial charge in [-0.25, -0.2) is 4.39 Å². The first-order valence-corrected chi connectivity index (χ1v) is 10.8. The molecule has 33 heavy (non-hydrogen) atoms. The highest BCUT2D eigenvalue weighted by Crippen LogP contribution is 2.33. The van der Waals surface area contributed by atoms with E-state index in [1.807, 2.05) is 31.9 Å². The molecule has 1 saturated heterocycles. The number of benzene rings is 1. The fourth-order valence-corrected chi connectivity index (χ4v) is 4.21. The van der Waals surface area contributed by atoms with Crippen molar-refractivity contribution in [2.45, 2.75) is 45.5 Å². The molecule has 0 atom stereocenters. The van der Waals surface area contributed by atoms with Crippen LogP contribution in [-0.4, -0.2) is 44.0 Å². The number of anilines is 1. The van der Waals surface area contributed by atoms with Gasteiger partial charge in [0.1, 0.15) is 11.5 Å². The lowest BCUT2D eigenvalue weighted by Crippen LogP contribution is -2.39. The van der Waals surface area contributed by atoms with E-state index in [4.69, 9.17) is 0 Å². The first kappa shape index (κ1) is 23.2. The van der Waals surface area contributed by atoms with E-state index in [-0.39, 0.29) is 18.2 Å². The van der Waals surface area contributed by atoms with Crippen molar-refractivity contribution >= 4 is 5.82 Å². The maximum absolute atomic E-state index is 13.4. The van der Waals surface area contributed by atoms with Crippen LogP contribution in [0.2, 0.25) is 0 Å². The van der Waals surface area contributed by atoms with E-state index >= 15 is 0 Å². The molecule has 0 amide bonds. The van der Waals surface area contributed by atoms with E-state index in [9.17, 15) is 17.6 Å². The number of hydrogen-bond donors (Lipinski definition) is 1. The molecule has 1 aliphatic rings. The fraction of sp³-hybridized carbons (Fsp3) is 0.435. The number of aromatic nitrogens is 4. The number of likely N-dealkylation sites (tertiary alicyclic amines) is 1. The first-order valence-electron chi connectivity index (χ1n) is 10.8. The van der Waals surface area contributed by atoms with Crippen LogP contribution in [0.25, 0.3) is 11.4 Å². The summed E-state index contributed by atoms with van der Waals surface area (Å²) in [7, 11) is 1.86. The van der Waals surface area contributed by atoms with Gasteiger partial charge in [-0.15, -0.1) is 10.2 Å². The smallest absolute Gasteiger partial charge is 0.366 e. The van der Waals surface area contributed by atoms with Crippen molar-refractivity contribution in [1.82, 2.24) is 24.9 Å². The topological polar surface area (TPSA) is 58.9 Å². The molecule has 0 aliphatic carbocycles. The monoisotopic (exact) mass is 462 g/mol. The summed E-state index contributed by atoms with van der Waals surface area (Å²) in [5.41, 5.74) is 2.89. The van der Waals surface area contributed by atoms with Crippen LogP contribution in [0.15, 0.2) is 30.5 Å². The van der Waals surface area contributed by atoms with Crippen LogP contribution in [0, 0.1) is 19.7 Å². The third-order valence-corrected chi connectivity index (χ3v) is 6.29. The standard InChI is InChI=1S/C23H26F4N6/c1-14-15(2)22(31-30-21(14)20-6-9-28-32(20)3)29-18-7-10-33(11-8-18)13-16-4-5-17(24)12-19(16)23(25,26)27/h4-6,9,12,18H,7-8,10-11,13H2,1-3H3,(H,29,31). The summed E-state index contributed by atoms with van der Waals surface area (Å²) in [4.78, 5) is 1.97. The second-order valence-electron chi connectivity index (χ2n) is 8.48. The molecule has 4 rings (SSSR count). The minimum atomic E-state index is -4.58. The summed E-state index contributed by atoms with van der Waals surface area (Å²) >= 11 is 0. The number of hydrogen-bond acceptors (Lipinski definition) is 5. The van der Waals surface area contributed by atoms with Gasteiger partial charge in [-0.1, -0.05) is 6.07 Å². The Hall–Kier alpha value is -3.01. The SMILES string of the molecule is Cc1c(NC2CCN(Cc3ccc(F)cc3C(F)(F)F)CC2)nnc(-c2ccnn2C)c1C. The summed E-state index contributed by atoms with van der Waals surface area (Å²) < 4.78 is 55.0. The second kappa shape index (κ2) is 9.09. The highest BCUT2D eigenvalue weighted by Gasteiger charge is 2.34. The Morgan fingerprint density at radius 1 is 1.06 bits per heavy atom. The number of aryl methyl sites for hydroxylation is 1.